The summed E-state index contributed by atoms with van der Waals surface area (Å²) in [7, 11) is 0. The van der Waals surface area contributed by atoms with Crippen molar-refractivity contribution in [1.82, 2.24) is 0 Å². The number of benzene rings is 2. The summed E-state index contributed by atoms with van der Waals surface area (Å²) in [4.78, 5) is 10.3. The lowest BCUT2D eigenvalue weighted by Gasteiger charge is -2.01. The van der Waals surface area contributed by atoms with Gasteiger partial charge in [0.2, 0.25) is 0 Å². The molecule has 0 aromatic heterocycles. The van der Waals surface area contributed by atoms with Crippen molar-refractivity contribution in [2.24, 2.45) is 5.92 Å². The van der Waals surface area contributed by atoms with E-state index in [0.717, 1.165) is 19.1 Å². The third-order valence-electron chi connectivity index (χ3n) is 3.97. The van der Waals surface area contributed by atoms with Crippen LogP contribution >= 0.6 is 0 Å². The van der Waals surface area contributed by atoms with Crippen molar-refractivity contribution in [2.45, 2.75) is 38.5 Å². The summed E-state index contributed by atoms with van der Waals surface area (Å²) < 4.78 is 0. The standard InChI is InChI=1S/C12H10.C8H14O/c1-3-7-11(8-4-1)12-9-5-2-6-10-12;9-7-8-5-3-1-2-4-6-8/h1-10H;7-8H,1-6H2. The van der Waals surface area contributed by atoms with Gasteiger partial charge in [0.25, 0.3) is 0 Å². The molecule has 0 heterocycles. The van der Waals surface area contributed by atoms with Gasteiger partial charge in [-0.05, 0) is 24.0 Å². The zero-order valence-electron chi connectivity index (χ0n) is 12.6. The quantitative estimate of drug-likeness (QED) is 0.523. The highest BCUT2D eigenvalue weighted by atomic mass is 16.1. The van der Waals surface area contributed by atoms with Gasteiger partial charge in [0, 0.05) is 5.92 Å². The van der Waals surface area contributed by atoms with Crippen molar-refractivity contribution < 1.29 is 4.79 Å². The first-order valence-corrected chi connectivity index (χ1v) is 7.96. The van der Waals surface area contributed by atoms with Gasteiger partial charge >= 0.3 is 0 Å². The van der Waals surface area contributed by atoms with Crippen LogP contribution in [0.1, 0.15) is 38.5 Å². The monoisotopic (exact) mass is 280 g/mol. The van der Waals surface area contributed by atoms with Gasteiger partial charge in [0.05, 0.1) is 0 Å². The molecular weight excluding hydrogens is 256 g/mol. The zero-order valence-corrected chi connectivity index (χ0v) is 12.6. The van der Waals surface area contributed by atoms with Crippen molar-refractivity contribution in [3.05, 3.63) is 60.7 Å². The summed E-state index contributed by atoms with van der Waals surface area (Å²) >= 11 is 0. The van der Waals surface area contributed by atoms with E-state index in [4.69, 9.17) is 0 Å². The molecule has 1 heteroatoms. The fourth-order valence-corrected chi connectivity index (χ4v) is 2.71. The molecule has 0 aliphatic heterocycles. The molecule has 1 nitrogen and oxygen atoms in total. The molecule has 0 spiro atoms. The van der Waals surface area contributed by atoms with Crippen LogP contribution in [0.3, 0.4) is 0 Å². The molecule has 110 valence electrons. The maximum atomic E-state index is 10.3. The highest BCUT2D eigenvalue weighted by Crippen LogP contribution is 2.20. The molecule has 0 bridgehead atoms. The smallest absolute Gasteiger partial charge is 0.123 e. The minimum Gasteiger partial charge on any atom is -0.303 e. The van der Waals surface area contributed by atoms with Crippen LogP contribution in [0.2, 0.25) is 0 Å². The maximum Gasteiger partial charge on any atom is 0.123 e. The van der Waals surface area contributed by atoms with E-state index in [0.29, 0.717) is 5.92 Å². The minimum atomic E-state index is 0.396. The third kappa shape index (κ3) is 5.55. The maximum absolute atomic E-state index is 10.3. The lowest BCUT2D eigenvalue weighted by Crippen LogP contribution is -1.98. The Morgan fingerprint density at radius 2 is 1.10 bits per heavy atom. The lowest BCUT2D eigenvalue weighted by molar-refractivity contribution is -0.111. The number of aldehydes is 1. The topological polar surface area (TPSA) is 17.1 Å². The van der Waals surface area contributed by atoms with Crippen molar-refractivity contribution in [1.29, 1.82) is 0 Å². The molecule has 2 aromatic carbocycles. The molecular formula is C20H24O. The molecule has 0 amide bonds. The predicted molar refractivity (Wildman–Crippen MR) is 89.1 cm³/mol. The Bertz CT molecular complexity index is 458. The van der Waals surface area contributed by atoms with E-state index in [-0.39, 0.29) is 0 Å². The fourth-order valence-electron chi connectivity index (χ4n) is 2.71. The van der Waals surface area contributed by atoms with Gasteiger partial charge in [-0.25, -0.2) is 0 Å². The number of carbonyl (C=O) groups excluding carboxylic acids is 1. The summed E-state index contributed by atoms with van der Waals surface area (Å²) in [6.07, 6.45) is 8.62. The van der Waals surface area contributed by atoms with Crippen LogP contribution in [-0.4, -0.2) is 6.29 Å². The van der Waals surface area contributed by atoms with Gasteiger partial charge in [-0.3, -0.25) is 0 Å². The summed E-state index contributed by atoms with van der Waals surface area (Å²) in [5.74, 6) is 0.396. The number of rotatable bonds is 2. The molecule has 21 heavy (non-hydrogen) atoms. The average molecular weight is 280 g/mol. The van der Waals surface area contributed by atoms with Crippen LogP contribution in [0.15, 0.2) is 60.7 Å². The first kappa shape index (κ1) is 15.5. The predicted octanol–water partition coefficient (Wildman–Crippen LogP) is 5.51. The van der Waals surface area contributed by atoms with Crippen LogP contribution in [0, 0.1) is 5.92 Å². The molecule has 3 rings (SSSR count). The van der Waals surface area contributed by atoms with E-state index in [1.54, 1.807) is 0 Å². The van der Waals surface area contributed by atoms with Crippen LogP contribution in [-0.2, 0) is 4.79 Å². The second-order valence-corrected chi connectivity index (χ2v) is 5.62. The lowest BCUT2D eigenvalue weighted by atomic mass is 10.0. The van der Waals surface area contributed by atoms with Crippen LogP contribution in [0.4, 0.5) is 0 Å². The highest BCUT2D eigenvalue weighted by Gasteiger charge is 2.09. The molecule has 0 unspecified atom stereocenters. The van der Waals surface area contributed by atoms with E-state index in [1.807, 2.05) is 12.1 Å². The van der Waals surface area contributed by atoms with Crippen LogP contribution < -0.4 is 0 Å². The number of hydrogen-bond acceptors (Lipinski definition) is 1. The second-order valence-electron chi connectivity index (χ2n) is 5.62. The van der Waals surface area contributed by atoms with E-state index in [9.17, 15) is 4.79 Å². The van der Waals surface area contributed by atoms with Gasteiger partial charge in [0.1, 0.15) is 6.29 Å². The number of carbonyl (C=O) groups is 1. The van der Waals surface area contributed by atoms with Crippen LogP contribution in [0.5, 0.6) is 0 Å². The fraction of sp³-hybridized carbons (Fsp3) is 0.350. The third-order valence-corrected chi connectivity index (χ3v) is 3.97. The van der Waals surface area contributed by atoms with E-state index >= 15 is 0 Å². The Kier molecular flexibility index (Phi) is 6.73. The molecule has 1 fully saturated rings. The Labute approximate surface area is 128 Å². The molecule has 1 aliphatic carbocycles. The Hall–Kier alpha value is -1.89. The van der Waals surface area contributed by atoms with E-state index < -0.39 is 0 Å². The summed E-state index contributed by atoms with van der Waals surface area (Å²) in [5.41, 5.74) is 2.55. The summed E-state index contributed by atoms with van der Waals surface area (Å²) in [5, 5.41) is 0. The molecule has 0 saturated heterocycles. The molecule has 1 saturated carbocycles. The summed E-state index contributed by atoms with van der Waals surface area (Å²) in [6, 6.07) is 20.8. The van der Waals surface area contributed by atoms with Gasteiger partial charge in [-0.15, -0.1) is 0 Å². The number of hydrogen-bond donors (Lipinski definition) is 0. The van der Waals surface area contributed by atoms with Crippen molar-refractivity contribution in [3.63, 3.8) is 0 Å². The largest absolute Gasteiger partial charge is 0.303 e. The van der Waals surface area contributed by atoms with E-state index in [1.165, 1.54) is 36.8 Å². The average Bonchev–Trinajstić information content (AvgIpc) is 2.86. The second kappa shape index (κ2) is 9.12. The van der Waals surface area contributed by atoms with Gasteiger partial charge in [0.15, 0.2) is 0 Å². The van der Waals surface area contributed by atoms with Crippen molar-refractivity contribution in [2.75, 3.05) is 0 Å². The first-order chi connectivity index (χ1) is 10.4. The molecule has 0 atom stereocenters. The zero-order chi connectivity index (χ0) is 14.8. The van der Waals surface area contributed by atoms with Gasteiger partial charge in [-0.1, -0.05) is 86.3 Å². The van der Waals surface area contributed by atoms with Gasteiger partial charge < -0.3 is 4.79 Å². The highest BCUT2D eigenvalue weighted by molar-refractivity contribution is 5.62. The molecule has 0 N–H and O–H groups in total. The Morgan fingerprint density at radius 1 is 0.667 bits per heavy atom. The van der Waals surface area contributed by atoms with Gasteiger partial charge in [-0.2, -0.15) is 0 Å². The Morgan fingerprint density at radius 3 is 1.48 bits per heavy atom. The van der Waals surface area contributed by atoms with Crippen LogP contribution in [0.25, 0.3) is 11.1 Å². The SMILES string of the molecule is O=CC1CCCCCC1.c1ccc(-c2ccccc2)cc1. The first-order valence-electron chi connectivity index (χ1n) is 7.96. The van der Waals surface area contributed by atoms with Crippen molar-refractivity contribution in [3.8, 4) is 11.1 Å². The molecule has 0 radical (unpaired) electrons. The molecule has 1 aliphatic rings. The molecule has 2 aromatic rings. The van der Waals surface area contributed by atoms with Crippen molar-refractivity contribution >= 4 is 6.29 Å². The summed E-state index contributed by atoms with van der Waals surface area (Å²) in [6.45, 7) is 0. The minimum absolute atomic E-state index is 0.396. The Balaban J connectivity index is 0.000000161. The van der Waals surface area contributed by atoms with E-state index in [2.05, 4.69) is 48.5 Å². The normalized spacial score (nSPS) is 15.4.